The summed E-state index contributed by atoms with van der Waals surface area (Å²) in [6.07, 6.45) is 0. The van der Waals surface area contributed by atoms with Crippen LogP contribution in [0.15, 0.2) is 48.5 Å². The van der Waals surface area contributed by atoms with Crippen LogP contribution in [0.1, 0.15) is 5.56 Å². The Kier molecular flexibility index (Phi) is 6.57. The van der Waals surface area contributed by atoms with E-state index in [1.54, 1.807) is 36.4 Å². The van der Waals surface area contributed by atoms with E-state index in [0.29, 0.717) is 10.8 Å². The SMILES string of the molecule is O=C(COC(=O)COc1ccc(Cl)cc1)NCc1ccc(F)cc1. The van der Waals surface area contributed by atoms with Crippen LogP contribution in [0.4, 0.5) is 4.39 Å². The van der Waals surface area contributed by atoms with Gasteiger partial charge in [0.05, 0.1) is 0 Å². The van der Waals surface area contributed by atoms with E-state index in [2.05, 4.69) is 5.32 Å². The highest BCUT2D eigenvalue weighted by Gasteiger charge is 2.08. The van der Waals surface area contributed by atoms with Gasteiger partial charge in [0.25, 0.3) is 5.91 Å². The molecule has 126 valence electrons. The van der Waals surface area contributed by atoms with Crippen LogP contribution in [0.3, 0.4) is 0 Å². The number of halogens is 2. The molecule has 24 heavy (non-hydrogen) atoms. The van der Waals surface area contributed by atoms with E-state index in [4.69, 9.17) is 21.1 Å². The minimum absolute atomic E-state index is 0.220. The topological polar surface area (TPSA) is 64.6 Å². The molecule has 0 aliphatic carbocycles. The Hall–Kier alpha value is -2.60. The molecule has 0 fully saturated rings. The van der Waals surface area contributed by atoms with Gasteiger partial charge in [-0.15, -0.1) is 0 Å². The van der Waals surface area contributed by atoms with Crippen LogP contribution in [0.25, 0.3) is 0 Å². The highest BCUT2D eigenvalue weighted by molar-refractivity contribution is 6.30. The monoisotopic (exact) mass is 351 g/mol. The second-order valence-corrected chi connectivity index (χ2v) is 5.24. The summed E-state index contributed by atoms with van der Waals surface area (Å²) in [6, 6.07) is 12.2. The summed E-state index contributed by atoms with van der Waals surface area (Å²) in [5.41, 5.74) is 0.738. The minimum atomic E-state index is -0.665. The molecule has 0 saturated carbocycles. The van der Waals surface area contributed by atoms with Crippen molar-refractivity contribution in [2.75, 3.05) is 13.2 Å². The third-order valence-electron chi connectivity index (χ3n) is 2.94. The van der Waals surface area contributed by atoms with Crippen LogP contribution in [-0.2, 0) is 20.9 Å². The molecule has 5 nitrogen and oxygen atoms in total. The third kappa shape index (κ3) is 6.26. The molecule has 0 heterocycles. The van der Waals surface area contributed by atoms with Gasteiger partial charge < -0.3 is 14.8 Å². The van der Waals surface area contributed by atoms with Gasteiger partial charge in [0.2, 0.25) is 0 Å². The van der Waals surface area contributed by atoms with E-state index in [9.17, 15) is 14.0 Å². The van der Waals surface area contributed by atoms with Crippen LogP contribution in [-0.4, -0.2) is 25.1 Å². The number of carbonyl (C=O) groups is 2. The molecule has 2 aromatic carbocycles. The average molecular weight is 352 g/mol. The quantitative estimate of drug-likeness (QED) is 0.779. The summed E-state index contributed by atoms with van der Waals surface area (Å²) in [5, 5.41) is 3.12. The summed E-state index contributed by atoms with van der Waals surface area (Å²) < 4.78 is 22.7. The first kappa shape index (κ1) is 17.7. The third-order valence-corrected chi connectivity index (χ3v) is 3.19. The fourth-order valence-electron chi connectivity index (χ4n) is 1.71. The molecule has 0 atom stereocenters. The Morgan fingerprint density at radius 2 is 1.67 bits per heavy atom. The lowest BCUT2D eigenvalue weighted by molar-refractivity contribution is -0.150. The molecule has 0 saturated heterocycles. The number of benzene rings is 2. The second kappa shape index (κ2) is 8.88. The minimum Gasteiger partial charge on any atom is -0.482 e. The van der Waals surface area contributed by atoms with Crippen LogP contribution in [0.5, 0.6) is 5.75 Å². The molecule has 0 bridgehead atoms. The predicted octanol–water partition coefficient (Wildman–Crippen LogP) is 2.72. The summed E-state index contributed by atoms with van der Waals surface area (Å²) in [6.45, 7) is -0.505. The van der Waals surface area contributed by atoms with Gasteiger partial charge in [-0.1, -0.05) is 23.7 Å². The van der Waals surface area contributed by atoms with Gasteiger partial charge in [-0.25, -0.2) is 9.18 Å². The van der Waals surface area contributed by atoms with Crippen molar-refractivity contribution in [2.45, 2.75) is 6.54 Å². The Bertz CT molecular complexity index is 627. The molecule has 0 aromatic heterocycles. The van der Waals surface area contributed by atoms with Gasteiger partial charge >= 0.3 is 5.97 Å². The highest BCUT2D eigenvalue weighted by atomic mass is 35.5. The Balaban J connectivity index is 1.64. The smallest absolute Gasteiger partial charge is 0.344 e. The fourth-order valence-corrected chi connectivity index (χ4v) is 1.84. The standard InChI is InChI=1S/C17H15ClFNO4/c18-13-3-7-15(8-4-13)23-11-17(22)24-10-16(21)20-9-12-1-5-14(19)6-2-12/h1-8H,9-11H2,(H,20,21). The zero-order valence-corrected chi connectivity index (χ0v) is 13.4. The zero-order valence-electron chi connectivity index (χ0n) is 12.6. The molecule has 0 radical (unpaired) electrons. The number of nitrogens with one attached hydrogen (secondary N) is 1. The lowest BCUT2D eigenvalue weighted by Crippen LogP contribution is -2.29. The van der Waals surface area contributed by atoms with E-state index in [1.807, 2.05) is 0 Å². The van der Waals surface area contributed by atoms with Gasteiger partial charge in [0.15, 0.2) is 13.2 Å². The van der Waals surface area contributed by atoms with Crippen molar-refractivity contribution in [3.05, 3.63) is 64.9 Å². The second-order valence-electron chi connectivity index (χ2n) is 4.81. The van der Waals surface area contributed by atoms with Gasteiger partial charge in [0.1, 0.15) is 11.6 Å². The Morgan fingerprint density at radius 1 is 1.00 bits per heavy atom. The van der Waals surface area contributed by atoms with Crippen LogP contribution in [0, 0.1) is 5.82 Å². The first-order chi connectivity index (χ1) is 11.5. The number of esters is 1. The van der Waals surface area contributed by atoms with Crippen LogP contribution >= 0.6 is 11.6 Å². The number of rotatable bonds is 7. The molecule has 0 spiro atoms. The summed E-state index contributed by atoms with van der Waals surface area (Å²) in [4.78, 5) is 23.1. The van der Waals surface area contributed by atoms with Crippen molar-refractivity contribution >= 4 is 23.5 Å². The molecule has 2 rings (SSSR count). The van der Waals surface area contributed by atoms with Crippen LogP contribution in [0.2, 0.25) is 5.02 Å². The normalized spacial score (nSPS) is 10.1. The molecule has 1 N–H and O–H groups in total. The van der Waals surface area contributed by atoms with E-state index >= 15 is 0 Å². The van der Waals surface area contributed by atoms with Crippen molar-refractivity contribution in [3.63, 3.8) is 0 Å². The van der Waals surface area contributed by atoms with E-state index in [1.165, 1.54) is 12.1 Å². The number of hydrogen-bond donors (Lipinski definition) is 1. The van der Waals surface area contributed by atoms with Crippen molar-refractivity contribution in [2.24, 2.45) is 0 Å². The molecule has 0 aliphatic heterocycles. The van der Waals surface area contributed by atoms with Crippen molar-refractivity contribution < 1.29 is 23.5 Å². The lowest BCUT2D eigenvalue weighted by atomic mass is 10.2. The molecule has 0 aliphatic rings. The number of ether oxygens (including phenoxy) is 2. The molecular formula is C17H15ClFNO4. The molecular weight excluding hydrogens is 337 g/mol. The van der Waals surface area contributed by atoms with Crippen molar-refractivity contribution in [1.82, 2.24) is 5.32 Å². The van der Waals surface area contributed by atoms with Gasteiger partial charge in [-0.05, 0) is 42.0 Å². The maximum absolute atomic E-state index is 12.7. The average Bonchev–Trinajstić information content (AvgIpc) is 2.59. The maximum Gasteiger partial charge on any atom is 0.344 e. The lowest BCUT2D eigenvalue weighted by Gasteiger charge is -2.08. The molecule has 2 aromatic rings. The molecule has 7 heteroatoms. The van der Waals surface area contributed by atoms with Crippen LogP contribution < -0.4 is 10.1 Å². The molecule has 1 amide bonds. The van der Waals surface area contributed by atoms with E-state index < -0.39 is 18.5 Å². The maximum atomic E-state index is 12.7. The Labute approximate surface area is 143 Å². The number of amides is 1. The summed E-state index contributed by atoms with van der Waals surface area (Å²) >= 11 is 5.73. The summed E-state index contributed by atoms with van der Waals surface area (Å²) in [5.74, 6) is -1.00. The van der Waals surface area contributed by atoms with Gasteiger partial charge in [0, 0.05) is 11.6 Å². The van der Waals surface area contributed by atoms with E-state index in [0.717, 1.165) is 5.56 Å². The van der Waals surface area contributed by atoms with Crippen molar-refractivity contribution in [1.29, 1.82) is 0 Å². The van der Waals surface area contributed by atoms with Gasteiger partial charge in [-0.3, -0.25) is 4.79 Å². The molecule has 0 unspecified atom stereocenters. The van der Waals surface area contributed by atoms with E-state index in [-0.39, 0.29) is 19.0 Å². The zero-order chi connectivity index (χ0) is 17.4. The largest absolute Gasteiger partial charge is 0.482 e. The first-order valence-corrected chi connectivity index (χ1v) is 7.46. The van der Waals surface area contributed by atoms with Crippen molar-refractivity contribution in [3.8, 4) is 5.75 Å². The first-order valence-electron chi connectivity index (χ1n) is 7.08. The Morgan fingerprint density at radius 3 is 2.33 bits per heavy atom. The predicted molar refractivity (Wildman–Crippen MR) is 86.2 cm³/mol. The fraction of sp³-hybridized carbons (Fsp3) is 0.176. The van der Waals surface area contributed by atoms with Gasteiger partial charge in [-0.2, -0.15) is 0 Å². The number of hydrogen-bond acceptors (Lipinski definition) is 4. The number of carbonyl (C=O) groups excluding carboxylic acids is 2. The summed E-state index contributed by atoms with van der Waals surface area (Å²) in [7, 11) is 0. The highest BCUT2D eigenvalue weighted by Crippen LogP contribution is 2.15.